The zero-order valence-electron chi connectivity index (χ0n) is 12.4. The number of alkyl halides is 3. The lowest BCUT2D eigenvalue weighted by Gasteiger charge is -2.12. The van der Waals surface area contributed by atoms with E-state index in [2.05, 4.69) is 10.6 Å². The second-order valence-electron chi connectivity index (χ2n) is 5.10. The van der Waals surface area contributed by atoms with E-state index in [4.69, 9.17) is 0 Å². The average molecular weight is 388 g/mol. The van der Waals surface area contributed by atoms with E-state index in [1.54, 1.807) is 0 Å². The van der Waals surface area contributed by atoms with Crippen LogP contribution < -0.4 is 15.4 Å². The van der Waals surface area contributed by atoms with Crippen LogP contribution in [-0.4, -0.2) is 39.6 Å². The summed E-state index contributed by atoms with van der Waals surface area (Å²) < 4.78 is 61.1. The molecule has 6 nitrogen and oxygen atoms in total. The van der Waals surface area contributed by atoms with Gasteiger partial charge in [0.05, 0.1) is 10.9 Å². The van der Waals surface area contributed by atoms with Gasteiger partial charge < -0.3 is 10.6 Å². The fraction of sp³-hybridized carbons (Fsp3) is 0.462. The van der Waals surface area contributed by atoms with Crippen molar-refractivity contribution in [2.45, 2.75) is 30.0 Å². The number of amides is 1. The number of halogens is 4. The van der Waals surface area contributed by atoms with Gasteiger partial charge in [-0.2, -0.15) is 13.2 Å². The maximum atomic E-state index is 12.1. The highest BCUT2D eigenvalue weighted by Gasteiger charge is 2.30. The molecule has 1 atom stereocenters. The van der Waals surface area contributed by atoms with E-state index in [9.17, 15) is 26.4 Å². The monoisotopic (exact) mass is 387 g/mol. The van der Waals surface area contributed by atoms with Crippen molar-refractivity contribution in [3.8, 4) is 0 Å². The number of hydrogen-bond donors (Lipinski definition) is 3. The number of sulfonamides is 1. The summed E-state index contributed by atoms with van der Waals surface area (Å²) >= 11 is 0. The van der Waals surface area contributed by atoms with Crippen LogP contribution in [-0.2, 0) is 14.8 Å². The number of hydrogen-bond acceptors (Lipinski definition) is 4. The summed E-state index contributed by atoms with van der Waals surface area (Å²) in [5, 5.41) is 5.64. The van der Waals surface area contributed by atoms with Gasteiger partial charge >= 0.3 is 6.18 Å². The van der Waals surface area contributed by atoms with E-state index in [1.165, 1.54) is 16.9 Å². The zero-order chi connectivity index (χ0) is 17.1. The van der Waals surface area contributed by atoms with Gasteiger partial charge in [-0.25, -0.2) is 13.1 Å². The van der Waals surface area contributed by atoms with Crippen molar-refractivity contribution < 1.29 is 26.4 Å². The quantitative estimate of drug-likeness (QED) is 0.716. The Morgan fingerprint density at radius 1 is 1.25 bits per heavy atom. The summed E-state index contributed by atoms with van der Waals surface area (Å²) in [6.07, 6.45) is -3.00. The van der Waals surface area contributed by atoms with Crippen molar-refractivity contribution in [1.82, 2.24) is 10.0 Å². The highest BCUT2D eigenvalue weighted by atomic mass is 35.5. The van der Waals surface area contributed by atoms with Crippen LogP contribution in [0, 0.1) is 0 Å². The Morgan fingerprint density at radius 2 is 1.88 bits per heavy atom. The molecule has 0 aromatic heterocycles. The molecule has 1 aliphatic rings. The highest BCUT2D eigenvalue weighted by molar-refractivity contribution is 7.89. The van der Waals surface area contributed by atoms with Gasteiger partial charge in [0.15, 0.2) is 0 Å². The van der Waals surface area contributed by atoms with Crippen molar-refractivity contribution in [2.75, 3.05) is 18.4 Å². The maximum Gasteiger partial charge on any atom is 0.402 e. The van der Waals surface area contributed by atoms with Gasteiger partial charge in [0.25, 0.3) is 0 Å². The van der Waals surface area contributed by atoms with Crippen LogP contribution in [0.4, 0.5) is 18.9 Å². The largest absolute Gasteiger partial charge is 0.402 e. The van der Waals surface area contributed by atoms with Crippen LogP contribution >= 0.6 is 12.4 Å². The lowest BCUT2D eigenvalue weighted by Crippen LogP contribution is -2.35. The maximum absolute atomic E-state index is 12.1. The van der Waals surface area contributed by atoms with Crippen LogP contribution in [0.3, 0.4) is 0 Å². The third-order valence-corrected chi connectivity index (χ3v) is 4.69. The second kappa shape index (κ2) is 8.15. The Bertz CT molecular complexity index is 659. The topological polar surface area (TPSA) is 87.3 Å². The molecule has 1 unspecified atom stereocenters. The molecule has 0 radical (unpaired) electrons. The molecular weight excluding hydrogens is 371 g/mol. The first-order valence-corrected chi connectivity index (χ1v) is 8.36. The first kappa shape index (κ1) is 20.7. The summed E-state index contributed by atoms with van der Waals surface area (Å²) in [7, 11) is -4.25. The Labute approximate surface area is 143 Å². The van der Waals surface area contributed by atoms with E-state index in [0.717, 1.165) is 31.5 Å². The molecule has 0 bridgehead atoms. The molecule has 0 aliphatic carbocycles. The van der Waals surface area contributed by atoms with Crippen molar-refractivity contribution in [2.24, 2.45) is 0 Å². The summed E-state index contributed by atoms with van der Waals surface area (Å²) in [6, 6.07) is 4.64. The Kier molecular flexibility index (Phi) is 7.02. The minimum atomic E-state index is -4.63. The predicted octanol–water partition coefficient (Wildman–Crippen LogP) is 1.64. The average Bonchev–Trinajstić information content (AvgIpc) is 2.99. The van der Waals surface area contributed by atoms with E-state index < -0.39 is 22.7 Å². The van der Waals surface area contributed by atoms with Crippen molar-refractivity contribution >= 4 is 34.0 Å². The normalized spacial score (nSPS) is 18.0. The Balaban J connectivity index is 0.00000288. The molecule has 1 amide bonds. The first-order chi connectivity index (χ1) is 10.7. The van der Waals surface area contributed by atoms with Gasteiger partial charge in [0.2, 0.25) is 15.9 Å². The fourth-order valence-electron chi connectivity index (χ4n) is 2.12. The lowest BCUT2D eigenvalue weighted by molar-refractivity contribution is -0.121. The van der Waals surface area contributed by atoms with Crippen LogP contribution in [0.1, 0.15) is 12.8 Å². The fourth-order valence-corrected chi connectivity index (χ4v) is 3.13. The summed E-state index contributed by atoms with van der Waals surface area (Å²) in [4.78, 5) is 11.6. The van der Waals surface area contributed by atoms with Gasteiger partial charge in [-0.3, -0.25) is 4.79 Å². The van der Waals surface area contributed by atoms with E-state index in [-0.39, 0.29) is 29.3 Å². The molecule has 3 N–H and O–H groups in total. The molecule has 0 spiro atoms. The van der Waals surface area contributed by atoms with Gasteiger partial charge in [0, 0.05) is 5.69 Å². The molecule has 136 valence electrons. The SMILES string of the molecule is Cl.O=C(Nc1ccc(S(=O)(=O)NCC(F)(F)F)cc1)C1CCCN1. The molecular formula is C13H17ClF3N3O3S. The minimum absolute atomic E-state index is 0. The standard InChI is InChI=1S/C13H16F3N3O3S.ClH/c14-13(15,16)8-18-23(21,22)10-5-3-9(4-6-10)19-12(20)11-2-1-7-17-11;/h3-6,11,17-18H,1-2,7-8H2,(H,19,20);1H. The van der Waals surface area contributed by atoms with Crippen LogP contribution in [0.5, 0.6) is 0 Å². The lowest BCUT2D eigenvalue weighted by atomic mass is 10.2. The van der Waals surface area contributed by atoms with Crippen LogP contribution in [0.15, 0.2) is 29.2 Å². The Hall–Kier alpha value is -1.36. The van der Waals surface area contributed by atoms with Crippen LogP contribution in [0.25, 0.3) is 0 Å². The van der Waals surface area contributed by atoms with Gasteiger partial charge in [-0.05, 0) is 43.7 Å². The third kappa shape index (κ3) is 5.93. The van der Waals surface area contributed by atoms with Crippen molar-refractivity contribution in [1.29, 1.82) is 0 Å². The van der Waals surface area contributed by atoms with Gasteiger partial charge in [-0.15, -0.1) is 12.4 Å². The van der Waals surface area contributed by atoms with Gasteiger partial charge in [-0.1, -0.05) is 0 Å². The summed E-state index contributed by atoms with van der Waals surface area (Å²) in [5.74, 6) is -0.228. The molecule has 24 heavy (non-hydrogen) atoms. The first-order valence-electron chi connectivity index (χ1n) is 6.88. The second-order valence-corrected chi connectivity index (χ2v) is 6.87. The molecule has 0 saturated carbocycles. The summed E-state index contributed by atoms with van der Waals surface area (Å²) in [6.45, 7) is -0.874. The molecule has 1 aromatic carbocycles. The molecule has 1 fully saturated rings. The highest BCUT2D eigenvalue weighted by Crippen LogP contribution is 2.17. The molecule has 2 rings (SSSR count). The number of carbonyl (C=O) groups excluding carboxylic acids is 1. The molecule has 11 heteroatoms. The van der Waals surface area contributed by atoms with Crippen molar-refractivity contribution in [3.05, 3.63) is 24.3 Å². The third-order valence-electron chi connectivity index (χ3n) is 3.27. The minimum Gasteiger partial charge on any atom is -0.325 e. The number of carbonyl (C=O) groups is 1. The summed E-state index contributed by atoms with van der Waals surface area (Å²) in [5.41, 5.74) is 0.374. The van der Waals surface area contributed by atoms with Gasteiger partial charge in [0.1, 0.15) is 6.54 Å². The number of benzene rings is 1. The molecule has 1 heterocycles. The smallest absolute Gasteiger partial charge is 0.325 e. The molecule has 1 aliphatic heterocycles. The van der Waals surface area contributed by atoms with E-state index in [1.807, 2.05) is 0 Å². The zero-order valence-corrected chi connectivity index (χ0v) is 14.0. The van der Waals surface area contributed by atoms with Crippen LogP contribution in [0.2, 0.25) is 0 Å². The van der Waals surface area contributed by atoms with Crippen molar-refractivity contribution in [3.63, 3.8) is 0 Å². The molecule has 1 saturated heterocycles. The van der Waals surface area contributed by atoms with E-state index >= 15 is 0 Å². The Morgan fingerprint density at radius 3 is 2.38 bits per heavy atom. The molecule has 1 aromatic rings. The number of nitrogens with one attached hydrogen (secondary N) is 3. The predicted molar refractivity (Wildman–Crippen MR) is 84.6 cm³/mol. The number of rotatable bonds is 5. The van der Waals surface area contributed by atoms with E-state index in [0.29, 0.717) is 5.69 Å². The number of anilines is 1.